The molecular formula is C15H20N4O4. The van der Waals surface area contributed by atoms with Gasteiger partial charge in [0.2, 0.25) is 0 Å². The van der Waals surface area contributed by atoms with Gasteiger partial charge in [0.1, 0.15) is 18.1 Å². The van der Waals surface area contributed by atoms with E-state index in [1.165, 1.54) is 4.68 Å². The number of rotatable bonds is 8. The summed E-state index contributed by atoms with van der Waals surface area (Å²) < 4.78 is 12.1. The van der Waals surface area contributed by atoms with Gasteiger partial charge in [0.25, 0.3) is 0 Å². The van der Waals surface area contributed by atoms with Crippen molar-refractivity contribution in [3.8, 4) is 11.5 Å². The summed E-state index contributed by atoms with van der Waals surface area (Å²) in [5.41, 5.74) is 0. The number of ether oxygens (including phenoxy) is 2. The molecule has 23 heavy (non-hydrogen) atoms. The van der Waals surface area contributed by atoms with Gasteiger partial charge < -0.3 is 14.6 Å². The van der Waals surface area contributed by atoms with Crippen LogP contribution in [0.15, 0.2) is 24.3 Å². The van der Waals surface area contributed by atoms with E-state index in [1.54, 1.807) is 31.4 Å². The van der Waals surface area contributed by atoms with Crippen LogP contribution in [-0.4, -0.2) is 38.4 Å². The molecule has 0 saturated heterocycles. The minimum atomic E-state index is -0.964. The number of carbonyl (C=O) groups is 1. The molecule has 0 fully saturated rings. The molecule has 0 radical (unpaired) electrons. The highest BCUT2D eigenvalue weighted by Gasteiger charge is 2.29. The van der Waals surface area contributed by atoms with Crippen LogP contribution in [0.3, 0.4) is 0 Å². The first kappa shape index (κ1) is 16.7. The average molecular weight is 320 g/mol. The summed E-state index contributed by atoms with van der Waals surface area (Å²) in [4.78, 5) is 11.5. The van der Waals surface area contributed by atoms with E-state index in [1.807, 2.05) is 13.8 Å². The minimum Gasteiger partial charge on any atom is -0.497 e. The number of carboxylic acids is 1. The first-order valence-electron chi connectivity index (χ1n) is 7.33. The normalized spacial score (nSPS) is 13.3. The van der Waals surface area contributed by atoms with Gasteiger partial charge >= 0.3 is 5.97 Å². The molecule has 2 atom stereocenters. The van der Waals surface area contributed by atoms with Gasteiger partial charge in [-0.15, -0.1) is 5.10 Å². The summed E-state index contributed by atoms with van der Waals surface area (Å²) >= 11 is 0. The Morgan fingerprint density at radius 1 is 1.39 bits per heavy atom. The smallest absolute Gasteiger partial charge is 0.328 e. The lowest BCUT2D eigenvalue weighted by atomic mass is 9.99. The van der Waals surface area contributed by atoms with Crippen LogP contribution < -0.4 is 9.47 Å². The highest BCUT2D eigenvalue weighted by Crippen LogP contribution is 2.23. The molecule has 2 rings (SSSR count). The van der Waals surface area contributed by atoms with Crippen LogP contribution in [0.25, 0.3) is 0 Å². The number of hydrogen-bond acceptors (Lipinski definition) is 6. The Kier molecular flexibility index (Phi) is 5.51. The molecule has 124 valence electrons. The number of tetrazole rings is 1. The topological polar surface area (TPSA) is 99.4 Å². The van der Waals surface area contributed by atoms with E-state index in [-0.39, 0.29) is 12.5 Å². The quantitative estimate of drug-likeness (QED) is 0.793. The van der Waals surface area contributed by atoms with Crippen LogP contribution >= 0.6 is 0 Å². The summed E-state index contributed by atoms with van der Waals surface area (Å²) in [7, 11) is 1.57. The molecule has 2 aromatic rings. The van der Waals surface area contributed by atoms with E-state index in [4.69, 9.17) is 9.47 Å². The van der Waals surface area contributed by atoms with Gasteiger partial charge in [-0.25, -0.2) is 9.48 Å². The van der Waals surface area contributed by atoms with Crippen LogP contribution in [0.1, 0.15) is 32.1 Å². The monoisotopic (exact) mass is 320 g/mol. The van der Waals surface area contributed by atoms with Crippen LogP contribution in [0, 0.1) is 5.92 Å². The van der Waals surface area contributed by atoms with Gasteiger partial charge in [-0.3, -0.25) is 0 Å². The van der Waals surface area contributed by atoms with Crippen molar-refractivity contribution in [1.82, 2.24) is 20.2 Å². The highest BCUT2D eigenvalue weighted by atomic mass is 16.5. The number of carboxylic acid groups (broad SMARTS) is 1. The molecule has 0 saturated carbocycles. The maximum absolute atomic E-state index is 11.5. The maximum atomic E-state index is 11.5. The fourth-order valence-corrected chi connectivity index (χ4v) is 2.17. The first-order valence-corrected chi connectivity index (χ1v) is 7.33. The van der Waals surface area contributed by atoms with Crippen molar-refractivity contribution in [2.45, 2.75) is 32.9 Å². The molecule has 0 spiro atoms. The van der Waals surface area contributed by atoms with Crippen molar-refractivity contribution >= 4 is 5.97 Å². The third kappa shape index (κ3) is 3.97. The fraction of sp³-hybridized carbons (Fsp3) is 0.467. The Labute approximate surface area is 134 Å². The number of benzene rings is 1. The van der Waals surface area contributed by atoms with E-state index in [0.29, 0.717) is 23.7 Å². The second kappa shape index (κ2) is 7.57. The number of methoxy groups -OCH3 is 1. The molecule has 1 N–H and O–H groups in total. The van der Waals surface area contributed by atoms with Crippen molar-refractivity contribution in [3.63, 3.8) is 0 Å². The first-order chi connectivity index (χ1) is 11.1. The number of aromatic nitrogens is 4. The van der Waals surface area contributed by atoms with Gasteiger partial charge in [-0.2, -0.15) is 0 Å². The van der Waals surface area contributed by atoms with Gasteiger partial charge in [-0.05, 0) is 28.5 Å². The molecule has 1 aromatic carbocycles. The SMILES string of the molecule is CCC(C)C(C(=O)O)n1nnnc1COc1cccc(OC)c1. The summed E-state index contributed by atoms with van der Waals surface area (Å²) in [6, 6.07) is 6.30. The minimum absolute atomic E-state index is 0.0698. The zero-order valence-corrected chi connectivity index (χ0v) is 13.3. The lowest BCUT2D eigenvalue weighted by Gasteiger charge is -2.19. The highest BCUT2D eigenvalue weighted by molar-refractivity contribution is 5.72. The summed E-state index contributed by atoms with van der Waals surface area (Å²) in [6.45, 7) is 3.85. The Morgan fingerprint density at radius 3 is 2.78 bits per heavy atom. The summed E-state index contributed by atoms with van der Waals surface area (Å²) in [6.07, 6.45) is 0.701. The average Bonchev–Trinajstić information content (AvgIpc) is 3.00. The predicted octanol–water partition coefficient (Wildman–Crippen LogP) is 1.93. The lowest BCUT2D eigenvalue weighted by Crippen LogP contribution is -2.28. The zero-order valence-electron chi connectivity index (χ0n) is 13.3. The third-order valence-corrected chi connectivity index (χ3v) is 3.67. The lowest BCUT2D eigenvalue weighted by molar-refractivity contribution is -0.143. The van der Waals surface area contributed by atoms with E-state index >= 15 is 0 Å². The molecular weight excluding hydrogens is 300 g/mol. The van der Waals surface area contributed by atoms with E-state index < -0.39 is 12.0 Å². The van der Waals surface area contributed by atoms with Crippen LogP contribution in [0.5, 0.6) is 11.5 Å². The van der Waals surface area contributed by atoms with Crippen molar-refractivity contribution in [2.24, 2.45) is 5.92 Å². The van der Waals surface area contributed by atoms with E-state index in [0.717, 1.165) is 0 Å². The molecule has 0 bridgehead atoms. The van der Waals surface area contributed by atoms with Gasteiger partial charge in [0.05, 0.1) is 7.11 Å². The standard InChI is InChI=1S/C15H20N4O4/c1-4-10(2)14(15(20)21)19-13(16-17-18-19)9-23-12-7-5-6-11(8-12)22-3/h5-8,10,14H,4,9H2,1-3H3,(H,20,21). The predicted molar refractivity (Wildman–Crippen MR) is 81.3 cm³/mol. The second-order valence-electron chi connectivity index (χ2n) is 5.18. The van der Waals surface area contributed by atoms with Crippen LogP contribution in [0.2, 0.25) is 0 Å². The van der Waals surface area contributed by atoms with Crippen molar-refractivity contribution in [3.05, 3.63) is 30.1 Å². The second-order valence-corrected chi connectivity index (χ2v) is 5.18. The molecule has 8 nitrogen and oxygen atoms in total. The zero-order chi connectivity index (χ0) is 16.8. The largest absolute Gasteiger partial charge is 0.497 e. The Hall–Kier alpha value is -2.64. The van der Waals surface area contributed by atoms with Crippen LogP contribution in [-0.2, 0) is 11.4 Å². The molecule has 0 aliphatic heterocycles. The Bertz CT molecular complexity index is 658. The number of nitrogens with zero attached hydrogens (tertiary/aromatic N) is 4. The van der Waals surface area contributed by atoms with Crippen molar-refractivity contribution < 1.29 is 19.4 Å². The van der Waals surface area contributed by atoms with Gasteiger partial charge in [-0.1, -0.05) is 26.3 Å². The fourth-order valence-electron chi connectivity index (χ4n) is 2.17. The van der Waals surface area contributed by atoms with Gasteiger partial charge in [0.15, 0.2) is 11.9 Å². The van der Waals surface area contributed by atoms with Crippen molar-refractivity contribution in [2.75, 3.05) is 7.11 Å². The molecule has 0 aliphatic rings. The maximum Gasteiger partial charge on any atom is 0.328 e. The van der Waals surface area contributed by atoms with Crippen LogP contribution in [0.4, 0.5) is 0 Å². The molecule has 0 aliphatic carbocycles. The number of hydrogen-bond donors (Lipinski definition) is 1. The van der Waals surface area contributed by atoms with Gasteiger partial charge in [0, 0.05) is 6.07 Å². The Balaban J connectivity index is 2.15. The summed E-state index contributed by atoms with van der Waals surface area (Å²) in [5, 5.41) is 20.7. The third-order valence-electron chi connectivity index (χ3n) is 3.67. The number of aliphatic carboxylic acids is 1. The summed E-state index contributed by atoms with van der Waals surface area (Å²) in [5.74, 6) is 0.556. The van der Waals surface area contributed by atoms with E-state index in [9.17, 15) is 9.90 Å². The molecule has 2 unspecified atom stereocenters. The molecule has 1 heterocycles. The van der Waals surface area contributed by atoms with E-state index in [2.05, 4.69) is 15.5 Å². The molecule has 0 amide bonds. The molecule has 8 heteroatoms. The van der Waals surface area contributed by atoms with Crippen molar-refractivity contribution in [1.29, 1.82) is 0 Å². The Morgan fingerprint density at radius 2 is 2.13 bits per heavy atom. The molecule has 1 aromatic heterocycles.